The van der Waals surface area contributed by atoms with E-state index in [1.165, 1.54) is 25.3 Å². The van der Waals surface area contributed by atoms with Gasteiger partial charge in [0.2, 0.25) is 5.78 Å². The minimum Gasteiger partial charge on any atom is -0.507 e. The first-order valence-corrected chi connectivity index (χ1v) is 13.4. The average molecular weight is 574 g/mol. The molecule has 1 fully saturated rings. The fourth-order valence-corrected chi connectivity index (χ4v) is 5.75. The zero-order valence-corrected chi connectivity index (χ0v) is 23.2. The first kappa shape index (κ1) is 30.6. The highest BCUT2D eigenvalue weighted by Gasteiger charge is 2.50. The number of fused-ring (bicyclic) bond motifs is 3. The van der Waals surface area contributed by atoms with Gasteiger partial charge in [-0.15, -0.1) is 0 Å². The van der Waals surface area contributed by atoms with Crippen LogP contribution in [0.4, 0.5) is 0 Å². The summed E-state index contributed by atoms with van der Waals surface area (Å²) in [6.45, 7) is 4.56. The third-order valence-corrected chi connectivity index (χ3v) is 7.81. The Morgan fingerprint density at radius 2 is 1.78 bits per heavy atom. The highest BCUT2D eigenvalue weighted by molar-refractivity contribution is 6.31. The summed E-state index contributed by atoms with van der Waals surface area (Å²) < 4.78 is 17.0. The number of methoxy groups -OCH3 is 1. The van der Waals surface area contributed by atoms with E-state index in [1.54, 1.807) is 6.92 Å². The third-order valence-electron chi connectivity index (χ3n) is 7.81. The molecule has 6 atom stereocenters. The van der Waals surface area contributed by atoms with E-state index in [1.807, 2.05) is 13.8 Å². The molecule has 1 heterocycles. The fraction of sp³-hybridized carbons (Fsp3) is 0.483. The van der Waals surface area contributed by atoms with Crippen molar-refractivity contribution in [3.05, 3.63) is 51.6 Å². The lowest BCUT2D eigenvalue weighted by Gasteiger charge is -2.42. The van der Waals surface area contributed by atoms with Gasteiger partial charge in [-0.1, -0.05) is 26.0 Å². The summed E-state index contributed by atoms with van der Waals surface area (Å²) in [4.78, 5) is 39.7. The van der Waals surface area contributed by atoms with Gasteiger partial charge in [0.05, 0.1) is 42.1 Å². The number of phenolic OH excluding ortho intramolecular Hbond substituents is 2. The van der Waals surface area contributed by atoms with Crippen molar-refractivity contribution in [2.24, 2.45) is 5.73 Å². The molecule has 12 nitrogen and oxygen atoms in total. The zero-order chi connectivity index (χ0) is 30.4. The van der Waals surface area contributed by atoms with Crippen molar-refractivity contribution in [2.45, 2.75) is 76.3 Å². The number of ketones is 3. The number of Topliss-reactive ketones (excluding diaryl/α,β-unsaturated/α-hetero) is 1. The number of nitrogens with two attached hydrogens (primary N) is 1. The molecule has 0 spiro atoms. The van der Waals surface area contributed by atoms with E-state index < -0.39 is 95.7 Å². The zero-order valence-electron chi connectivity index (χ0n) is 23.2. The number of carbonyl (C=O) groups excluding carboxylic acids is 3. The van der Waals surface area contributed by atoms with E-state index >= 15 is 0 Å². The van der Waals surface area contributed by atoms with Crippen molar-refractivity contribution in [2.75, 3.05) is 13.7 Å². The standard InChI is InChI=1S/C27H29NO11.C2H6/c1-10-22(31)13(28)6-17(38-10)39-15-8-27(36,16(30)9-29)7-12-19(15)26(35)21-20(24(12)33)23(32)11-4-3-5-14(37-2)18(11)25(21)34;1-2/h3-5,10,13,15,17,22,29,31,33,35-36H,6-9,28H2,1-2H3;1-2H3. The van der Waals surface area contributed by atoms with Crippen LogP contribution in [0.5, 0.6) is 17.2 Å². The van der Waals surface area contributed by atoms with Gasteiger partial charge in [-0.2, -0.15) is 0 Å². The molecule has 0 bridgehead atoms. The molecule has 2 aromatic rings. The van der Waals surface area contributed by atoms with Gasteiger partial charge in [0.1, 0.15) is 29.5 Å². The summed E-state index contributed by atoms with van der Waals surface area (Å²) in [6.07, 6.45) is -5.12. The molecule has 1 aliphatic heterocycles. The molecular formula is C29H35NO11. The van der Waals surface area contributed by atoms with Gasteiger partial charge in [0, 0.05) is 42.0 Å². The van der Waals surface area contributed by atoms with Crippen LogP contribution in [-0.4, -0.2) is 86.7 Å². The molecule has 0 radical (unpaired) electrons. The summed E-state index contributed by atoms with van der Waals surface area (Å²) in [6, 6.07) is 3.64. The number of phenols is 2. The number of benzene rings is 2. The normalized spacial score (nSPS) is 28.5. The lowest BCUT2D eigenvalue weighted by Crippen LogP contribution is -2.53. The van der Waals surface area contributed by atoms with Crippen molar-refractivity contribution < 1.29 is 54.1 Å². The van der Waals surface area contributed by atoms with Gasteiger partial charge in [0.25, 0.3) is 0 Å². The maximum absolute atomic E-state index is 13.6. The van der Waals surface area contributed by atoms with Crippen LogP contribution in [0.1, 0.15) is 82.7 Å². The molecule has 7 N–H and O–H groups in total. The van der Waals surface area contributed by atoms with Crippen LogP contribution in [-0.2, 0) is 20.7 Å². The number of aliphatic hydroxyl groups excluding tert-OH is 2. The lowest BCUT2D eigenvalue weighted by molar-refractivity contribution is -0.247. The van der Waals surface area contributed by atoms with Gasteiger partial charge in [-0.05, 0) is 13.0 Å². The number of aromatic hydroxyl groups is 2. The highest BCUT2D eigenvalue weighted by Crippen LogP contribution is 2.52. The number of ether oxygens (including phenoxy) is 3. The lowest BCUT2D eigenvalue weighted by atomic mass is 9.72. The van der Waals surface area contributed by atoms with E-state index in [4.69, 9.17) is 19.9 Å². The SMILES string of the molecule is CC.COc1cccc2c1C(=O)c1c(O)c3c(c(O)c1C2=O)CC(O)(C(=O)CO)CC3OC1CC(N)C(O)C(C)O1. The topological polar surface area (TPSA) is 206 Å². The van der Waals surface area contributed by atoms with E-state index in [2.05, 4.69) is 0 Å². The van der Waals surface area contributed by atoms with Gasteiger partial charge >= 0.3 is 0 Å². The number of hydrogen-bond acceptors (Lipinski definition) is 12. The summed E-state index contributed by atoms with van der Waals surface area (Å²) in [5.74, 6) is -3.77. The quantitative estimate of drug-likeness (QED) is 0.237. The summed E-state index contributed by atoms with van der Waals surface area (Å²) in [5, 5.41) is 53.7. The minimum atomic E-state index is -2.24. The molecular weight excluding hydrogens is 538 g/mol. The van der Waals surface area contributed by atoms with Crippen LogP contribution in [0.3, 0.4) is 0 Å². The Kier molecular flexibility index (Phi) is 8.55. The van der Waals surface area contributed by atoms with E-state index in [9.17, 15) is 39.9 Å². The van der Waals surface area contributed by atoms with E-state index in [0.29, 0.717) is 0 Å². The predicted octanol–water partition coefficient (Wildman–Crippen LogP) is 1.03. The molecule has 41 heavy (non-hydrogen) atoms. The molecule has 0 aromatic heterocycles. The van der Waals surface area contributed by atoms with Crippen LogP contribution in [0.25, 0.3) is 0 Å². The second-order valence-corrected chi connectivity index (χ2v) is 10.2. The van der Waals surface area contributed by atoms with Gasteiger partial charge in [-0.25, -0.2) is 0 Å². The molecule has 5 rings (SSSR count). The number of aliphatic hydroxyl groups is 3. The summed E-state index contributed by atoms with van der Waals surface area (Å²) >= 11 is 0. The second kappa shape index (κ2) is 11.5. The maximum atomic E-state index is 13.6. The summed E-state index contributed by atoms with van der Waals surface area (Å²) in [7, 11) is 1.32. The number of rotatable bonds is 5. The second-order valence-electron chi connectivity index (χ2n) is 10.2. The molecule has 2 aromatic carbocycles. The Labute approximate surface area is 236 Å². The van der Waals surface area contributed by atoms with Gasteiger partial charge < -0.3 is 45.5 Å². The molecule has 0 amide bonds. The molecule has 3 aliphatic rings. The van der Waals surface area contributed by atoms with Crippen LogP contribution in [0, 0.1) is 0 Å². The van der Waals surface area contributed by atoms with E-state index in [0.717, 1.165) is 0 Å². The molecule has 1 saturated heterocycles. The molecule has 222 valence electrons. The molecule has 6 unspecified atom stereocenters. The van der Waals surface area contributed by atoms with E-state index in [-0.39, 0.29) is 34.4 Å². The predicted molar refractivity (Wildman–Crippen MR) is 143 cm³/mol. The minimum absolute atomic E-state index is 0.0173. The van der Waals surface area contributed by atoms with Crippen molar-refractivity contribution >= 4 is 17.3 Å². The average Bonchev–Trinajstić information content (AvgIpc) is 2.96. The maximum Gasteiger partial charge on any atom is 0.202 e. The Balaban J connectivity index is 0.00000189. The van der Waals surface area contributed by atoms with Crippen molar-refractivity contribution in [1.82, 2.24) is 0 Å². The van der Waals surface area contributed by atoms with Crippen LogP contribution in [0.15, 0.2) is 18.2 Å². The fourth-order valence-electron chi connectivity index (χ4n) is 5.75. The first-order valence-electron chi connectivity index (χ1n) is 13.4. The van der Waals surface area contributed by atoms with Crippen LogP contribution < -0.4 is 10.5 Å². The Hall–Kier alpha value is -3.39. The molecule has 0 saturated carbocycles. The smallest absolute Gasteiger partial charge is 0.202 e. The summed E-state index contributed by atoms with van der Waals surface area (Å²) in [5.41, 5.74) is 2.37. The monoisotopic (exact) mass is 573 g/mol. The van der Waals surface area contributed by atoms with Crippen LogP contribution in [0.2, 0.25) is 0 Å². The first-order chi connectivity index (χ1) is 19.4. The Morgan fingerprint density at radius 1 is 1.12 bits per heavy atom. The molecule has 2 aliphatic carbocycles. The van der Waals surface area contributed by atoms with Crippen molar-refractivity contribution in [1.29, 1.82) is 0 Å². The van der Waals surface area contributed by atoms with Crippen molar-refractivity contribution in [3.8, 4) is 17.2 Å². The number of hydrogen-bond donors (Lipinski definition) is 6. The molecule has 12 heteroatoms. The third kappa shape index (κ3) is 4.90. The largest absolute Gasteiger partial charge is 0.507 e. The highest BCUT2D eigenvalue weighted by atomic mass is 16.7. The Bertz CT molecular complexity index is 1380. The number of carbonyl (C=O) groups is 3. The Morgan fingerprint density at radius 3 is 2.39 bits per heavy atom. The van der Waals surface area contributed by atoms with Crippen LogP contribution >= 0.6 is 0 Å². The van der Waals surface area contributed by atoms with Gasteiger partial charge in [-0.3, -0.25) is 14.4 Å². The van der Waals surface area contributed by atoms with Gasteiger partial charge in [0.15, 0.2) is 17.9 Å². The van der Waals surface area contributed by atoms with Crippen molar-refractivity contribution in [3.63, 3.8) is 0 Å².